The maximum Gasteiger partial charge on any atom is 0.0971 e. The molecule has 1 aromatic rings. The van der Waals surface area contributed by atoms with E-state index in [1.807, 2.05) is 36.4 Å². The van der Waals surface area contributed by atoms with E-state index in [4.69, 9.17) is 0 Å². The second kappa shape index (κ2) is 6.39. The molecule has 0 amide bonds. The molecule has 0 unspecified atom stereocenters. The van der Waals surface area contributed by atoms with Crippen LogP contribution in [-0.4, -0.2) is 5.11 Å². The minimum absolute atomic E-state index is 0.451. The highest BCUT2D eigenvalue weighted by Crippen LogP contribution is 2.13. The first-order valence-corrected chi connectivity index (χ1v) is 5.24. The molecule has 1 N–H and O–H groups in total. The van der Waals surface area contributed by atoms with Gasteiger partial charge in [0.15, 0.2) is 0 Å². The van der Waals surface area contributed by atoms with Gasteiger partial charge in [0.1, 0.15) is 0 Å². The molecule has 76 valence electrons. The molecular weight excluding hydrogens is 172 g/mol. The lowest BCUT2D eigenvalue weighted by Gasteiger charge is -2.04. The van der Waals surface area contributed by atoms with Crippen molar-refractivity contribution >= 4 is 0 Å². The van der Waals surface area contributed by atoms with Gasteiger partial charge in [0.2, 0.25) is 0 Å². The molecule has 0 spiro atoms. The Hall–Kier alpha value is -1.08. The molecule has 1 rings (SSSR count). The lowest BCUT2D eigenvalue weighted by Crippen LogP contribution is -1.91. The highest BCUT2D eigenvalue weighted by atomic mass is 16.3. The first-order valence-electron chi connectivity index (χ1n) is 5.24. The zero-order chi connectivity index (χ0) is 10.2. The van der Waals surface area contributed by atoms with Gasteiger partial charge in [-0.1, -0.05) is 62.2 Å². The average molecular weight is 190 g/mol. The molecular formula is C13H18O. The molecule has 0 fully saturated rings. The quantitative estimate of drug-likeness (QED) is 0.557. The molecule has 1 atom stereocenters. The van der Waals surface area contributed by atoms with Crippen LogP contribution in [0.25, 0.3) is 0 Å². The fourth-order valence-electron chi connectivity index (χ4n) is 1.31. The van der Waals surface area contributed by atoms with Crippen LogP contribution in [0.5, 0.6) is 0 Å². The van der Waals surface area contributed by atoms with Gasteiger partial charge in [-0.25, -0.2) is 0 Å². The molecule has 0 aliphatic rings. The Kier molecular flexibility index (Phi) is 5.02. The number of unbranched alkanes of at least 4 members (excludes halogenated alkanes) is 2. The van der Waals surface area contributed by atoms with E-state index in [9.17, 15) is 5.11 Å². The summed E-state index contributed by atoms with van der Waals surface area (Å²) >= 11 is 0. The third-order valence-corrected chi connectivity index (χ3v) is 2.18. The zero-order valence-electron chi connectivity index (χ0n) is 8.69. The fourth-order valence-corrected chi connectivity index (χ4v) is 1.31. The van der Waals surface area contributed by atoms with Crippen molar-refractivity contribution in [1.29, 1.82) is 0 Å². The second-order valence-corrected chi connectivity index (χ2v) is 3.43. The van der Waals surface area contributed by atoms with Crippen molar-refractivity contribution in [3.63, 3.8) is 0 Å². The summed E-state index contributed by atoms with van der Waals surface area (Å²) in [6, 6.07) is 9.72. The maximum atomic E-state index is 9.73. The smallest absolute Gasteiger partial charge is 0.0971 e. The Labute approximate surface area is 86.1 Å². The summed E-state index contributed by atoms with van der Waals surface area (Å²) in [6.45, 7) is 2.17. The van der Waals surface area contributed by atoms with Crippen LogP contribution in [0.2, 0.25) is 0 Å². The van der Waals surface area contributed by atoms with Crippen molar-refractivity contribution < 1.29 is 5.11 Å². The van der Waals surface area contributed by atoms with Crippen LogP contribution in [0.15, 0.2) is 42.5 Å². The Morgan fingerprint density at radius 1 is 1.29 bits per heavy atom. The van der Waals surface area contributed by atoms with E-state index in [0.717, 1.165) is 12.0 Å². The molecule has 0 aromatic heterocycles. The Balaban J connectivity index is 2.42. The second-order valence-electron chi connectivity index (χ2n) is 3.43. The van der Waals surface area contributed by atoms with Gasteiger partial charge in [0.25, 0.3) is 0 Å². The fraction of sp³-hybridized carbons (Fsp3) is 0.385. The molecule has 0 bridgehead atoms. The number of hydrogen-bond acceptors (Lipinski definition) is 1. The number of allylic oxidation sites excluding steroid dienone is 1. The van der Waals surface area contributed by atoms with Crippen molar-refractivity contribution in [1.82, 2.24) is 0 Å². The van der Waals surface area contributed by atoms with Gasteiger partial charge in [-0.05, 0) is 12.0 Å². The summed E-state index contributed by atoms with van der Waals surface area (Å²) < 4.78 is 0. The number of hydrogen-bond donors (Lipinski definition) is 1. The summed E-state index contributed by atoms with van der Waals surface area (Å²) in [5, 5.41) is 9.73. The van der Waals surface area contributed by atoms with Gasteiger partial charge >= 0.3 is 0 Å². The Bertz CT molecular complexity index is 264. The SMILES string of the molecule is CCCC/C=C/[C@H](O)c1ccccc1. The summed E-state index contributed by atoms with van der Waals surface area (Å²) in [5.74, 6) is 0. The number of aliphatic hydroxyl groups is 1. The van der Waals surface area contributed by atoms with E-state index < -0.39 is 6.10 Å². The summed E-state index contributed by atoms with van der Waals surface area (Å²) in [4.78, 5) is 0. The van der Waals surface area contributed by atoms with Gasteiger partial charge in [-0.2, -0.15) is 0 Å². The Morgan fingerprint density at radius 3 is 2.64 bits per heavy atom. The van der Waals surface area contributed by atoms with E-state index in [-0.39, 0.29) is 0 Å². The molecule has 14 heavy (non-hydrogen) atoms. The average Bonchev–Trinajstić information content (AvgIpc) is 2.25. The molecule has 0 radical (unpaired) electrons. The first kappa shape index (κ1) is 11.0. The molecule has 0 saturated carbocycles. The van der Waals surface area contributed by atoms with Crippen molar-refractivity contribution in [2.45, 2.75) is 32.3 Å². The van der Waals surface area contributed by atoms with Crippen molar-refractivity contribution in [3.8, 4) is 0 Å². The topological polar surface area (TPSA) is 20.2 Å². The molecule has 1 heteroatoms. The Morgan fingerprint density at radius 2 is 2.00 bits per heavy atom. The molecule has 0 heterocycles. The molecule has 1 aromatic carbocycles. The van der Waals surface area contributed by atoms with Gasteiger partial charge < -0.3 is 5.11 Å². The number of aliphatic hydroxyl groups excluding tert-OH is 1. The van der Waals surface area contributed by atoms with E-state index in [2.05, 4.69) is 13.0 Å². The van der Waals surface area contributed by atoms with Crippen LogP contribution in [0.3, 0.4) is 0 Å². The summed E-state index contributed by atoms with van der Waals surface area (Å²) in [5.41, 5.74) is 0.959. The minimum atomic E-state index is -0.451. The predicted molar refractivity (Wildman–Crippen MR) is 60.1 cm³/mol. The largest absolute Gasteiger partial charge is 0.384 e. The summed E-state index contributed by atoms with van der Waals surface area (Å²) in [6.07, 6.45) is 6.92. The lowest BCUT2D eigenvalue weighted by atomic mass is 10.1. The molecule has 1 nitrogen and oxygen atoms in total. The van der Waals surface area contributed by atoms with Gasteiger partial charge in [0, 0.05) is 0 Å². The minimum Gasteiger partial charge on any atom is -0.384 e. The van der Waals surface area contributed by atoms with E-state index in [0.29, 0.717) is 0 Å². The van der Waals surface area contributed by atoms with Crippen LogP contribution in [0, 0.1) is 0 Å². The number of rotatable bonds is 5. The van der Waals surface area contributed by atoms with Gasteiger partial charge in [-0.15, -0.1) is 0 Å². The highest BCUT2D eigenvalue weighted by molar-refractivity contribution is 5.20. The van der Waals surface area contributed by atoms with E-state index in [1.54, 1.807) is 0 Å². The first-order chi connectivity index (χ1) is 6.84. The van der Waals surface area contributed by atoms with Crippen LogP contribution in [-0.2, 0) is 0 Å². The third kappa shape index (κ3) is 3.75. The zero-order valence-corrected chi connectivity index (χ0v) is 8.69. The standard InChI is InChI=1S/C13H18O/c1-2-3-4-8-11-13(14)12-9-6-5-7-10-12/h5-11,13-14H,2-4H2,1H3/b11-8+/t13-/m0/s1. The van der Waals surface area contributed by atoms with Gasteiger partial charge in [-0.3, -0.25) is 0 Å². The summed E-state index contributed by atoms with van der Waals surface area (Å²) in [7, 11) is 0. The highest BCUT2D eigenvalue weighted by Gasteiger charge is 1.99. The maximum absolute atomic E-state index is 9.73. The lowest BCUT2D eigenvalue weighted by molar-refractivity contribution is 0.228. The van der Waals surface area contributed by atoms with Crippen molar-refractivity contribution in [2.24, 2.45) is 0 Å². The predicted octanol–water partition coefficient (Wildman–Crippen LogP) is 3.47. The van der Waals surface area contributed by atoms with E-state index in [1.165, 1.54) is 12.8 Å². The number of benzene rings is 1. The molecule has 0 aliphatic carbocycles. The van der Waals surface area contributed by atoms with Crippen molar-refractivity contribution in [3.05, 3.63) is 48.0 Å². The third-order valence-electron chi connectivity index (χ3n) is 2.18. The van der Waals surface area contributed by atoms with Crippen LogP contribution >= 0.6 is 0 Å². The van der Waals surface area contributed by atoms with E-state index >= 15 is 0 Å². The monoisotopic (exact) mass is 190 g/mol. The van der Waals surface area contributed by atoms with Crippen LogP contribution < -0.4 is 0 Å². The van der Waals surface area contributed by atoms with Crippen LogP contribution in [0.1, 0.15) is 37.9 Å². The normalized spacial score (nSPS) is 13.3. The van der Waals surface area contributed by atoms with Crippen molar-refractivity contribution in [2.75, 3.05) is 0 Å². The molecule has 0 saturated heterocycles. The molecule has 0 aliphatic heterocycles. The van der Waals surface area contributed by atoms with Crippen LogP contribution in [0.4, 0.5) is 0 Å². The van der Waals surface area contributed by atoms with Gasteiger partial charge in [0.05, 0.1) is 6.10 Å².